The van der Waals surface area contributed by atoms with Gasteiger partial charge in [-0.25, -0.2) is 0 Å². The summed E-state index contributed by atoms with van der Waals surface area (Å²) in [7, 11) is 0. The minimum absolute atomic E-state index is 0.0840. The Hall–Kier alpha value is -3.78. The molecule has 3 heterocycles. The molecule has 0 fully saturated rings. The van der Waals surface area contributed by atoms with Gasteiger partial charge in [0.2, 0.25) is 0 Å². The van der Waals surface area contributed by atoms with E-state index in [4.69, 9.17) is 9.15 Å². The number of hydrogen-bond donors (Lipinski definition) is 2. The van der Waals surface area contributed by atoms with Gasteiger partial charge in [0.05, 0.1) is 11.4 Å². The van der Waals surface area contributed by atoms with E-state index in [-0.39, 0.29) is 5.78 Å². The average molecular weight is 445 g/mol. The van der Waals surface area contributed by atoms with Crippen molar-refractivity contribution >= 4 is 28.4 Å². The van der Waals surface area contributed by atoms with E-state index in [9.17, 15) is 4.79 Å². The van der Waals surface area contributed by atoms with E-state index in [1.54, 1.807) is 6.92 Å². The van der Waals surface area contributed by atoms with Gasteiger partial charge < -0.3 is 19.1 Å². The number of aromatic amines is 2. The molecule has 0 atom stereocenters. The molecule has 0 unspecified atom stereocenters. The van der Waals surface area contributed by atoms with Crippen LogP contribution in [-0.4, -0.2) is 31.7 Å². The Labute approximate surface area is 188 Å². The summed E-state index contributed by atoms with van der Waals surface area (Å²) in [6, 6.07) is 21.8. The molecular formula is C24H20N4O3S. The second kappa shape index (κ2) is 8.76. The van der Waals surface area contributed by atoms with E-state index in [1.807, 2.05) is 66.7 Å². The SMILES string of the molecule is CC(=O)CSc1nnc(-c2ccc(-c3cc4cc(OCc5ccccc5)ccc4[nH]3)o2)[nH]1. The monoisotopic (exact) mass is 444 g/mol. The van der Waals surface area contributed by atoms with Crippen LogP contribution < -0.4 is 4.74 Å². The first-order valence-corrected chi connectivity index (χ1v) is 11.1. The summed E-state index contributed by atoms with van der Waals surface area (Å²) in [6.45, 7) is 2.07. The Morgan fingerprint density at radius 2 is 1.84 bits per heavy atom. The molecule has 0 bridgehead atoms. The molecule has 3 aromatic heterocycles. The Morgan fingerprint density at radius 3 is 2.69 bits per heavy atom. The predicted molar refractivity (Wildman–Crippen MR) is 124 cm³/mol. The van der Waals surface area contributed by atoms with Crippen molar-refractivity contribution in [2.75, 3.05) is 5.75 Å². The van der Waals surface area contributed by atoms with Gasteiger partial charge in [0.15, 0.2) is 22.5 Å². The van der Waals surface area contributed by atoms with Gasteiger partial charge in [-0.05, 0) is 48.9 Å². The highest BCUT2D eigenvalue weighted by Crippen LogP contribution is 2.31. The highest BCUT2D eigenvalue weighted by molar-refractivity contribution is 7.99. The first kappa shape index (κ1) is 20.1. The lowest BCUT2D eigenvalue weighted by Crippen LogP contribution is -1.94. The van der Waals surface area contributed by atoms with Crippen molar-refractivity contribution in [1.29, 1.82) is 0 Å². The maximum Gasteiger partial charge on any atom is 0.197 e. The van der Waals surface area contributed by atoms with Crippen LogP contribution in [0.2, 0.25) is 0 Å². The molecule has 0 spiro atoms. The maximum atomic E-state index is 11.1. The molecule has 7 nitrogen and oxygen atoms in total. The third-order valence-corrected chi connectivity index (χ3v) is 5.83. The van der Waals surface area contributed by atoms with Crippen LogP contribution in [0, 0.1) is 0 Å². The Bertz CT molecular complexity index is 1370. The number of ketones is 1. The second-order valence-electron chi connectivity index (χ2n) is 7.34. The smallest absolute Gasteiger partial charge is 0.197 e. The number of Topliss-reactive ketones (excluding diaryl/α,β-unsaturated/α-hetero) is 1. The molecule has 0 aliphatic rings. The number of rotatable bonds is 8. The molecule has 2 aromatic carbocycles. The third-order valence-electron chi connectivity index (χ3n) is 4.82. The molecule has 0 saturated carbocycles. The highest BCUT2D eigenvalue weighted by atomic mass is 32.2. The number of furan rings is 1. The van der Waals surface area contributed by atoms with Gasteiger partial charge in [-0.15, -0.1) is 10.2 Å². The lowest BCUT2D eigenvalue weighted by Gasteiger charge is -2.06. The van der Waals surface area contributed by atoms with E-state index in [2.05, 4.69) is 20.2 Å². The summed E-state index contributed by atoms with van der Waals surface area (Å²) in [5.41, 5.74) is 2.98. The maximum absolute atomic E-state index is 11.1. The molecule has 8 heteroatoms. The summed E-state index contributed by atoms with van der Waals surface area (Å²) >= 11 is 1.32. The molecule has 0 aliphatic carbocycles. The Kier molecular flexibility index (Phi) is 5.51. The van der Waals surface area contributed by atoms with Gasteiger partial charge in [-0.3, -0.25) is 4.79 Å². The molecule has 0 radical (unpaired) electrons. The lowest BCUT2D eigenvalue weighted by molar-refractivity contribution is -0.114. The average Bonchev–Trinajstić information content (AvgIpc) is 3.55. The van der Waals surface area contributed by atoms with Gasteiger partial charge >= 0.3 is 0 Å². The predicted octanol–water partition coefficient (Wildman–Crippen LogP) is 5.47. The molecule has 0 aliphatic heterocycles. The fourth-order valence-corrected chi connectivity index (χ4v) is 3.88. The van der Waals surface area contributed by atoms with Crippen molar-refractivity contribution in [3.63, 3.8) is 0 Å². The fraction of sp³-hybridized carbons (Fsp3) is 0.125. The van der Waals surface area contributed by atoms with Crippen molar-refractivity contribution < 1.29 is 13.9 Å². The number of ether oxygens (including phenoxy) is 1. The van der Waals surface area contributed by atoms with Gasteiger partial charge in [0.1, 0.15) is 18.1 Å². The normalized spacial score (nSPS) is 11.2. The summed E-state index contributed by atoms with van der Waals surface area (Å²) in [5, 5.41) is 9.79. The molecule has 32 heavy (non-hydrogen) atoms. The van der Waals surface area contributed by atoms with Crippen molar-refractivity contribution in [2.24, 2.45) is 0 Å². The number of fused-ring (bicyclic) bond motifs is 1. The molecule has 0 amide bonds. The molecule has 160 valence electrons. The number of thioether (sulfide) groups is 1. The number of carbonyl (C=O) groups is 1. The minimum atomic E-state index is 0.0840. The zero-order chi connectivity index (χ0) is 21.9. The summed E-state index contributed by atoms with van der Waals surface area (Å²) < 4.78 is 11.9. The van der Waals surface area contributed by atoms with Crippen LogP contribution in [0.4, 0.5) is 0 Å². The van der Waals surface area contributed by atoms with E-state index in [1.165, 1.54) is 11.8 Å². The number of hydrogen-bond acceptors (Lipinski definition) is 6. The number of benzene rings is 2. The van der Waals surface area contributed by atoms with Gasteiger partial charge in [0, 0.05) is 10.9 Å². The van der Waals surface area contributed by atoms with Crippen LogP contribution in [0.3, 0.4) is 0 Å². The van der Waals surface area contributed by atoms with Gasteiger partial charge in [-0.2, -0.15) is 0 Å². The third kappa shape index (κ3) is 4.45. The zero-order valence-corrected chi connectivity index (χ0v) is 18.1. The number of carbonyl (C=O) groups excluding carboxylic acids is 1. The molecule has 5 rings (SSSR count). The van der Waals surface area contributed by atoms with Gasteiger partial charge in [0.25, 0.3) is 0 Å². The van der Waals surface area contributed by atoms with Crippen molar-refractivity contribution in [3.8, 4) is 28.8 Å². The van der Waals surface area contributed by atoms with Crippen LogP contribution in [0.1, 0.15) is 12.5 Å². The second-order valence-corrected chi connectivity index (χ2v) is 8.30. The lowest BCUT2D eigenvalue weighted by atomic mass is 10.2. The molecular weight excluding hydrogens is 424 g/mol. The molecule has 2 N–H and O–H groups in total. The number of aromatic nitrogens is 4. The Morgan fingerprint density at radius 1 is 1.00 bits per heavy atom. The molecule has 0 saturated heterocycles. The van der Waals surface area contributed by atoms with Crippen molar-refractivity contribution in [2.45, 2.75) is 18.7 Å². The summed E-state index contributed by atoms with van der Waals surface area (Å²) in [5.74, 6) is 3.04. The summed E-state index contributed by atoms with van der Waals surface area (Å²) in [6.07, 6.45) is 0. The quantitative estimate of drug-likeness (QED) is 0.308. The first-order valence-electron chi connectivity index (χ1n) is 10.1. The number of H-pyrrole nitrogens is 2. The minimum Gasteiger partial charge on any atom is -0.489 e. The summed E-state index contributed by atoms with van der Waals surface area (Å²) in [4.78, 5) is 17.6. The Balaban J connectivity index is 1.32. The van der Waals surface area contributed by atoms with Crippen molar-refractivity contribution in [1.82, 2.24) is 20.2 Å². The standard InChI is InChI=1S/C24H20N4O3S/c1-15(29)14-32-24-26-23(27-28-24)22-10-9-21(31-22)20-12-17-11-18(7-8-19(17)25-20)30-13-16-5-3-2-4-6-16/h2-12,25H,13-14H2,1H3,(H,26,27,28). The largest absolute Gasteiger partial charge is 0.489 e. The van der Waals surface area contributed by atoms with Crippen LogP contribution in [0.5, 0.6) is 5.75 Å². The van der Waals surface area contributed by atoms with Crippen LogP contribution in [0.15, 0.2) is 76.3 Å². The van der Waals surface area contributed by atoms with E-state index in [0.29, 0.717) is 34.9 Å². The molecule has 5 aromatic rings. The van der Waals surface area contributed by atoms with Crippen LogP contribution in [0.25, 0.3) is 33.9 Å². The van der Waals surface area contributed by atoms with E-state index >= 15 is 0 Å². The fourth-order valence-electron chi connectivity index (χ4n) is 3.28. The van der Waals surface area contributed by atoms with E-state index < -0.39 is 0 Å². The number of nitrogens with one attached hydrogen (secondary N) is 2. The van der Waals surface area contributed by atoms with Gasteiger partial charge in [-0.1, -0.05) is 42.1 Å². The van der Waals surface area contributed by atoms with Crippen LogP contribution >= 0.6 is 11.8 Å². The highest BCUT2D eigenvalue weighted by Gasteiger charge is 2.14. The first-order chi connectivity index (χ1) is 15.6. The topological polar surface area (TPSA) is 96.8 Å². The van der Waals surface area contributed by atoms with Crippen molar-refractivity contribution in [3.05, 3.63) is 72.3 Å². The van der Waals surface area contributed by atoms with Crippen LogP contribution in [-0.2, 0) is 11.4 Å². The number of nitrogens with zero attached hydrogens (tertiary/aromatic N) is 2. The van der Waals surface area contributed by atoms with E-state index in [0.717, 1.165) is 27.9 Å². The zero-order valence-electron chi connectivity index (χ0n) is 17.3.